The molecule has 1 aliphatic heterocycles. The lowest BCUT2D eigenvalue weighted by Gasteiger charge is -2.20. The molecule has 0 radical (unpaired) electrons. The molecule has 5 heteroatoms. The number of methoxy groups -OCH3 is 1. The van der Waals surface area contributed by atoms with Crippen molar-refractivity contribution >= 4 is 28.2 Å². The average Bonchev–Trinajstić information content (AvgIpc) is 3.12. The lowest BCUT2D eigenvalue weighted by atomic mass is 10.0. The predicted molar refractivity (Wildman–Crippen MR) is 125 cm³/mol. The molecule has 3 aromatic rings. The third kappa shape index (κ3) is 4.13. The smallest absolute Gasteiger partial charge is 0.307 e. The average molecular weight is 418 g/mol. The molecule has 0 amide bonds. The first kappa shape index (κ1) is 20.3. The molecule has 4 rings (SSSR count). The maximum Gasteiger partial charge on any atom is 0.307 e. The Labute approximate surface area is 181 Å². The monoisotopic (exact) mass is 417 g/mol. The first-order valence-electron chi connectivity index (χ1n) is 9.81. The molecular formula is C25H25N2O2S+. The van der Waals surface area contributed by atoms with E-state index in [-0.39, 0.29) is 0 Å². The number of allylic oxidation sites excluding steroid dienone is 1. The quantitative estimate of drug-likeness (QED) is 0.509. The first-order chi connectivity index (χ1) is 14.6. The van der Waals surface area contributed by atoms with Gasteiger partial charge in [0, 0.05) is 23.5 Å². The van der Waals surface area contributed by atoms with Gasteiger partial charge in [0.2, 0.25) is 10.7 Å². The third-order valence-electron chi connectivity index (χ3n) is 5.09. The third-order valence-corrected chi connectivity index (χ3v) is 6.29. The molecule has 0 saturated heterocycles. The molecule has 3 aromatic carbocycles. The van der Waals surface area contributed by atoms with Gasteiger partial charge in [-0.15, -0.1) is 0 Å². The summed E-state index contributed by atoms with van der Waals surface area (Å²) in [6.45, 7) is 4.22. The highest BCUT2D eigenvalue weighted by atomic mass is 32.2. The molecule has 0 fully saturated rings. The minimum Gasteiger partial charge on any atom is -0.497 e. The first-order valence-corrected chi connectivity index (χ1v) is 10.8. The summed E-state index contributed by atoms with van der Waals surface area (Å²) in [6.07, 6.45) is 0.612. The van der Waals surface area contributed by atoms with E-state index >= 15 is 0 Å². The van der Waals surface area contributed by atoms with Gasteiger partial charge >= 0.3 is 5.72 Å². The maximum absolute atomic E-state index is 11.7. The molecule has 30 heavy (non-hydrogen) atoms. The van der Waals surface area contributed by atoms with Crippen LogP contribution in [-0.2, 0) is 5.72 Å². The number of hydrogen-bond donors (Lipinski definition) is 2. The summed E-state index contributed by atoms with van der Waals surface area (Å²) in [5.74, 6) is 1.37. The molecule has 2 N–H and O–H groups in total. The number of anilines is 1. The zero-order chi connectivity index (χ0) is 21.0. The van der Waals surface area contributed by atoms with E-state index in [0.29, 0.717) is 12.2 Å². The van der Waals surface area contributed by atoms with Crippen molar-refractivity contribution < 1.29 is 14.4 Å². The number of hydrogen-bond acceptors (Lipinski definition) is 4. The Bertz CT molecular complexity index is 1050. The molecule has 1 atom stereocenters. The van der Waals surface area contributed by atoms with Crippen LogP contribution < -0.4 is 10.1 Å². The van der Waals surface area contributed by atoms with Gasteiger partial charge in [0.15, 0.2) is 0 Å². The van der Waals surface area contributed by atoms with Crippen molar-refractivity contribution in [3.63, 3.8) is 0 Å². The summed E-state index contributed by atoms with van der Waals surface area (Å²) >= 11 is 1.66. The van der Waals surface area contributed by atoms with Crippen molar-refractivity contribution in [1.82, 2.24) is 0 Å². The summed E-state index contributed by atoms with van der Waals surface area (Å²) < 4.78 is 7.25. The van der Waals surface area contributed by atoms with Crippen molar-refractivity contribution in [3.8, 4) is 5.75 Å². The predicted octanol–water partition coefficient (Wildman–Crippen LogP) is 5.35. The van der Waals surface area contributed by atoms with E-state index in [1.807, 2.05) is 89.5 Å². The van der Waals surface area contributed by atoms with Gasteiger partial charge in [-0.2, -0.15) is 4.58 Å². The second-order valence-electron chi connectivity index (χ2n) is 7.17. The van der Waals surface area contributed by atoms with E-state index in [0.717, 1.165) is 33.4 Å². The van der Waals surface area contributed by atoms with Crippen molar-refractivity contribution in [2.45, 2.75) is 12.1 Å². The van der Waals surface area contributed by atoms with E-state index < -0.39 is 5.72 Å². The molecular weight excluding hydrogens is 392 g/mol. The zero-order valence-electron chi connectivity index (χ0n) is 16.9. The van der Waals surface area contributed by atoms with Gasteiger partial charge < -0.3 is 15.2 Å². The van der Waals surface area contributed by atoms with Crippen LogP contribution in [0.1, 0.15) is 12.0 Å². The Morgan fingerprint density at radius 1 is 1.03 bits per heavy atom. The normalized spacial score (nSPS) is 18.3. The SMILES string of the molecule is C=C(CC1=[N+](c2ccccc2)[C@](O)(c2ccccc2)CS1)Nc1ccc(OC)cc1. The number of nitrogens with zero attached hydrogens (tertiary/aromatic N) is 1. The minimum atomic E-state index is -1.11. The standard InChI is InChI=1S/C25H25N2O2S/c1-19(26-21-13-15-23(29-2)16-14-21)17-24-27(22-11-7-4-8-12-22)25(28,18-30-24)20-9-5-3-6-10-20/h3-16,26,28H,1,17-18H2,2H3/q+1/t25-/m1/s1. The highest BCUT2D eigenvalue weighted by Crippen LogP contribution is 2.40. The molecule has 1 aliphatic rings. The fourth-order valence-corrected chi connectivity index (χ4v) is 4.93. The van der Waals surface area contributed by atoms with Crippen LogP contribution in [0.4, 0.5) is 11.4 Å². The van der Waals surface area contributed by atoms with Crippen LogP contribution >= 0.6 is 11.8 Å². The molecule has 4 nitrogen and oxygen atoms in total. The lowest BCUT2D eigenvalue weighted by Crippen LogP contribution is -2.37. The molecule has 0 aromatic heterocycles. The zero-order valence-corrected chi connectivity index (χ0v) is 17.7. The van der Waals surface area contributed by atoms with Gasteiger partial charge in [0.1, 0.15) is 11.5 Å². The van der Waals surface area contributed by atoms with Crippen LogP contribution in [0.5, 0.6) is 5.75 Å². The van der Waals surface area contributed by atoms with Gasteiger partial charge in [-0.05, 0) is 36.4 Å². The summed E-state index contributed by atoms with van der Waals surface area (Å²) in [7, 11) is 1.65. The molecule has 152 valence electrons. The number of rotatable bonds is 7. The Hall–Kier alpha value is -3.02. The summed E-state index contributed by atoms with van der Waals surface area (Å²) in [5.41, 5.74) is 2.55. The van der Waals surface area contributed by atoms with Gasteiger partial charge in [0.25, 0.3) is 0 Å². The van der Waals surface area contributed by atoms with Crippen molar-refractivity contribution in [2.24, 2.45) is 0 Å². The number of thioether (sulfide) groups is 1. The summed E-state index contributed by atoms with van der Waals surface area (Å²) in [5, 5.41) is 16.1. The Kier molecular flexibility index (Phi) is 5.93. The van der Waals surface area contributed by atoms with E-state index in [2.05, 4.69) is 11.9 Å². The number of para-hydroxylation sites is 1. The highest BCUT2D eigenvalue weighted by Gasteiger charge is 2.50. The Morgan fingerprint density at radius 3 is 2.30 bits per heavy atom. The van der Waals surface area contributed by atoms with Gasteiger partial charge in [-0.1, -0.05) is 54.7 Å². The second kappa shape index (κ2) is 8.78. The highest BCUT2D eigenvalue weighted by molar-refractivity contribution is 8.13. The lowest BCUT2D eigenvalue weighted by molar-refractivity contribution is -0.593. The van der Waals surface area contributed by atoms with Crippen LogP contribution in [0.15, 0.2) is 97.2 Å². The van der Waals surface area contributed by atoms with E-state index in [1.165, 1.54) is 0 Å². The molecule has 1 heterocycles. The summed E-state index contributed by atoms with van der Waals surface area (Å²) in [4.78, 5) is 0. The Morgan fingerprint density at radius 2 is 1.67 bits per heavy atom. The van der Waals surface area contributed by atoms with E-state index in [9.17, 15) is 5.11 Å². The largest absolute Gasteiger partial charge is 0.497 e. The molecule has 0 spiro atoms. The molecule has 0 aliphatic carbocycles. The molecule has 0 unspecified atom stereocenters. The van der Waals surface area contributed by atoms with Crippen molar-refractivity contribution in [1.29, 1.82) is 0 Å². The van der Waals surface area contributed by atoms with Crippen molar-refractivity contribution in [3.05, 3.63) is 103 Å². The van der Waals surface area contributed by atoms with Gasteiger partial charge in [0.05, 0.1) is 19.1 Å². The number of nitrogens with one attached hydrogen (secondary N) is 1. The van der Waals surface area contributed by atoms with Gasteiger partial charge in [-0.3, -0.25) is 0 Å². The Balaban J connectivity index is 1.64. The fraction of sp³-hybridized carbons (Fsp3) is 0.160. The molecule has 0 saturated carbocycles. The van der Waals surface area contributed by atoms with Gasteiger partial charge in [-0.25, -0.2) is 0 Å². The number of ether oxygens (including phenoxy) is 1. The second-order valence-corrected chi connectivity index (χ2v) is 8.22. The number of aliphatic hydroxyl groups is 1. The van der Waals surface area contributed by atoms with Crippen LogP contribution in [0.25, 0.3) is 0 Å². The van der Waals surface area contributed by atoms with Crippen LogP contribution in [0, 0.1) is 0 Å². The van der Waals surface area contributed by atoms with Crippen LogP contribution in [0.3, 0.4) is 0 Å². The maximum atomic E-state index is 11.7. The van der Waals surface area contributed by atoms with Crippen molar-refractivity contribution in [2.75, 3.05) is 18.2 Å². The topological polar surface area (TPSA) is 44.5 Å². The summed E-state index contributed by atoms with van der Waals surface area (Å²) in [6, 6.07) is 27.6. The number of benzene rings is 3. The fourth-order valence-electron chi connectivity index (χ4n) is 3.61. The van der Waals surface area contributed by atoms with E-state index in [1.54, 1.807) is 18.9 Å². The minimum absolute atomic E-state index is 0.553. The van der Waals surface area contributed by atoms with E-state index in [4.69, 9.17) is 4.74 Å². The van der Waals surface area contributed by atoms with Crippen LogP contribution in [-0.4, -0.2) is 27.6 Å². The van der Waals surface area contributed by atoms with Crippen LogP contribution in [0.2, 0.25) is 0 Å². The molecule has 0 bridgehead atoms.